The maximum absolute atomic E-state index is 13.7. The summed E-state index contributed by atoms with van der Waals surface area (Å²) in [5.41, 5.74) is 3.41. The molecule has 47 heavy (non-hydrogen) atoms. The van der Waals surface area contributed by atoms with Crippen molar-refractivity contribution in [2.45, 2.75) is 68.2 Å². The molecule has 1 heterocycles. The maximum atomic E-state index is 13.7. The number of carbonyl (C=O) groups is 4. The summed E-state index contributed by atoms with van der Waals surface area (Å²) >= 11 is 0. The molecule has 0 saturated heterocycles. The summed E-state index contributed by atoms with van der Waals surface area (Å²) in [7, 11) is 0. The van der Waals surface area contributed by atoms with Gasteiger partial charge >= 0.3 is 17.9 Å². The van der Waals surface area contributed by atoms with E-state index in [1.807, 2.05) is 62.4 Å². The summed E-state index contributed by atoms with van der Waals surface area (Å²) in [6.07, 6.45) is 1.25. The van der Waals surface area contributed by atoms with E-state index in [1.54, 1.807) is 34.6 Å². The molecule has 3 rings (SSSR count). The Kier molecular flexibility index (Phi) is 12.7. The normalized spacial score (nSPS) is 11.4. The predicted molar refractivity (Wildman–Crippen MR) is 175 cm³/mol. The molecule has 1 atom stereocenters. The van der Waals surface area contributed by atoms with Gasteiger partial charge in [-0.05, 0) is 49.9 Å². The lowest BCUT2D eigenvalue weighted by Gasteiger charge is -2.21. The zero-order valence-corrected chi connectivity index (χ0v) is 28.0. The van der Waals surface area contributed by atoms with Crippen LogP contribution in [0.2, 0.25) is 0 Å². The van der Waals surface area contributed by atoms with Gasteiger partial charge in [-0.15, -0.1) is 0 Å². The van der Waals surface area contributed by atoms with E-state index >= 15 is 0 Å². The van der Waals surface area contributed by atoms with Gasteiger partial charge in [0.15, 0.2) is 18.2 Å². The third-order valence-corrected chi connectivity index (χ3v) is 7.18. The molecule has 250 valence electrons. The van der Waals surface area contributed by atoms with Crippen LogP contribution < -0.4 is 15.5 Å². The number of rotatable bonds is 13. The zero-order chi connectivity index (χ0) is 34.8. The van der Waals surface area contributed by atoms with E-state index in [9.17, 15) is 24.0 Å². The molecule has 11 heteroatoms. The number of esters is 3. The van der Waals surface area contributed by atoms with E-state index in [-0.39, 0.29) is 5.69 Å². The summed E-state index contributed by atoms with van der Waals surface area (Å²) in [5.74, 6) is -3.81. The Hall–Kier alpha value is -5.19. The molecular weight excluding hydrogens is 604 g/mol. The Labute approximate surface area is 274 Å². The molecule has 1 N–H and O–H groups in total. The monoisotopic (exact) mass is 646 g/mol. The van der Waals surface area contributed by atoms with Crippen LogP contribution in [0, 0.1) is 25.7 Å². The van der Waals surface area contributed by atoms with Crippen LogP contribution in [0.15, 0.2) is 71.3 Å². The molecule has 0 radical (unpaired) electrons. The molecule has 0 fully saturated rings. The number of ether oxygens (including phenoxy) is 4. The van der Waals surface area contributed by atoms with Crippen LogP contribution in [0.5, 0.6) is 5.75 Å². The SMILES string of the molecule is CC(OC(=O)[C@H](C)NC(=O)c1c(OCOC(=O)C(C)C)c(=O)ccn1COC(=O)C(C)C)=C(c1ccccc1C)c1ccccc1C. The van der Waals surface area contributed by atoms with Gasteiger partial charge in [0, 0.05) is 17.8 Å². The zero-order valence-electron chi connectivity index (χ0n) is 28.0. The number of benzene rings is 2. The number of allylic oxidation sites excluding steroid dienone is 1. The van der Waals surface area contributed by atoms with Crippen molar-refractivity contribution in [3.05, 3.63) is 105 Å². The fourth-order valence-corrected chi connectivity index (χ4v) is 4.49. The molecule has 0 spiro atoms. The first-order valence-electron chi connectivity index (χ1n) is 15.3. The van der Waals surface area contributed by atoms with Gasteiger partial charge in [0.05, 0.1) is 11.8 Å². The van der Waals surface area contributed by atoms with Crippen molar-refractivity contribution < 1.29 is 38.1 Å². The highest BCUT2D eigenvalue weighted by Gasteiger charge is 2.27. The Bertz CT molecular complexity index is 1670. The van der Waals surface area contributed by atoms with Crippen molar-refractivity contribution in [3.8, 4) is 5.75 Å². The van der Waals surface area contributed by atoms with Crippen LogP contribution >= 0.6 is 0 Å². The molecule has 0 aliphatic heterocycles. The molecule has 0 unspecified atom stereocenters. The Morgan fingerprint density at radius 1 is 0.766 bits per heavy atom. The standard InChI is InChI=1S/C36H42N2O9/c1-21(2)34(41)44-19-38-18-17-29(39)32(45-20-46-35(42)22(3)4)31(38)33(40)37-25(7)36(43)47-26(8)30(27-15-11-9-13-23(27)5)28-16-12-10-14-24(28)6/h9-18,21-22,25H,19-20H2,1-8H3,(H,37,40)/t25-/m0/s1. The highest BCUT2D eigenvalue weighted by molar-refractivity contribution is 5.98. The highest BCUT2D eigenvalue weighted by Crippen LogP contribution is 2.32. The lowest BCUT2D eigenvalue weighted by molar-refractivity contribution is -0.154. The smallest absolute Gasteiger partial charge is 0.333 e. The summed E-state index contributed by atoms with van der Waals surface area (Å²) in [5, 5.41) is 2.55. The number of hydrogen-bond acceptors (Lipinski definition) is 9. The molecule has 0 bridgehead atoms. The first-order chi connectivity index (χ1) is 22.2. The number of carbonyl (C=O) groups excluding carboxylic acids is 4. The fourth-order valence-electron chi connectivity index (χ4n) is 4.49. The second-order valence-electron chi connectivity index (χ2n) is 11.6. The summed E-state index contributed by atoms with van der Waals surface area (Å²) < 4.78 is 22.8. The molecule has 0 saturated carbocycles. The van der Waals surface area contributed by atoms with E-state index < -0.39 is 66.4 Å². The van der Waals surface area contributed by atoms with Crippen LogP contribution in [-0.4, -0.2) is 41.2 Å². The van der Waals surface area contributed by atoms with Crippen LogP contribution in [0.1, 0.15) is 74.3 Å². The molecular formula is C36H42N2O9. The van der Waals surface area contributed by atoms with Crippen molar-refractivity contribution in [1.82, 2.24) is 9.88 Å². The van der Waals surface area contributed by atoms with Crippen molar-refractivity contribution >= 4 is 29.4 Å². The Morgan fingerprint density at radius 3 is 1.83 bits per heavy atom. The quantitative estimate of drug-likeness (QED) is 0.113. The number of pyridine rings is 1. The highest BCUT2D eigenvalue weighted by atomic mass is 16.7. The van der Waals surface area contributed by atoms with Crippen molar-refractivity contribution in [1.29, 1.82) is 0 Å². The molecule has 11 nitrogen and oxygen atoms in total. The number of aromatic nitrogens is 1. The topological polar surface area (TPSA) is 139 Å². The molecule has 0 aliphatic carbocycles. The second-order valence-corrected chi connectivity index (χ2v) is 11.6. The van der Waals surface area contributed by atoms with Gasteiger partial charge in [-0.1, -0.05) is 76.2 Å². The lowest BCUT2D eigenvalue weighted by atomic mass is 9.91. The van der Waals surface area contributed by atoms with Gasteiger partial charge in [0.1, 0.15) is 11.8 Å². The van der Waals surface area contributed by atoms with E-state index in [1.165, 1.54) is 17.7 Å². The van der Waals surface area contributed by atoms with Gasteiger partial charge in [-0.3, -0.25) is 19.2 Å². The third-order valence-electron chi connectivity index (χ3n) is 7.18. The minimum absolute atomic E-state index is 0.327. The number of aryl methyl sites for hydroxylation is 2. The van der Waals surface area contributed by atoms with Gasteiger partial charge < -0.3 is 28.8 Å². The van der Waals surface area contributed by atoms with Crippen LogP contribution in [0.3, 0.4) is 0 Å². The maximum Gasteiger partial charge on any atom is 0.333 e. The summed E-state index contributed by atoms with van der Waals surface area (Å²) in [6.45, 7) is 12.5. The predicted octanol–water partition coefficient (Wildman–Crippen LogP) is 5.30. The molecule has 2 aromatic carbocycles. The first kappa shape index (κ1) is 36.3. The van der Waals surface area contributed by atoms with Crippen LogP contribution in [0.4, 0.5) is 0 Å². The second kappa shape index (κ2) is 16.4. The Morgan fingerprint density at radius 2 is 1.30 bits per heavy atom. The van der Waals surface area contributed by atoms with Crippen LogP contribution in [-0.2, 0) is 35.3 Å². The minimum Gasteiger partial charge on any atom is -0.451 e. The van der Waals surface area contributed by atoms with Crippen LogP contribution in [0.25, 0.3) is 5.57 Å². The van der Waals surface area contributed by atoms with E-state index in [2.05, 4.69) is 5.32 Å². The van der Waals surface area contributed by atoms with Gasteiger partial charge in [-0.25, -0.2) is 4.79 Å². The lowest BCUT2D eigenvalue weighted by Crippen LogP contribution is -2.41. The Balaban J connectivity index is 1.94. The molecule has 3 aromatic rings. The third kappa shape index (κ3) is 9.41. The molecule has 0 aliphatic rings. The summed E-state index contributed by atoms with van der Waals surface area (Å²) in [4.78, 5) is 64.0. The van der Waals surface area contributed by atoms with E-state index in [4.69, 9.17) is 18.9 Å². The number of nitrogens with one attached hydrogen (secondary N) is 1. The minimum atomic E-state index is -1.19. The number of hydrogen-bond donors (Lipinski definition) is 1. The molecule has 1 amide bonds. The van der Waals surface area contributed by atoms with E-state index in [0.29, 0.717) is 5.76 Å². The average Bonchev–Trinajstić information content (AvgIpc) is 3.02. The van der Waals surface area contributed by atoms with Gasteiger partial charge in [0.25, 0.3) is 5.91 Å². The number of amides is 1. The first-order valence-corrected chi connectivity index (χ1v) is 15.3. The van der Waals surface area contributed by atoms with Crippen molar-refractivity contribution in [2.75, 3.05) is 6.79 Å². The van der Waals surface area contributed by atoms with Crippen molar-refractivity contribution in [2.24, 2.45) is 11.8 Å². The summed E-state index contributed by atoms with van der Waals surface area (Å²) in [6, 6.07) is 15.4. The van der Waals surface area contributed by atoms with Crippen molar-refractivity contribution in [3.63, 3.8) is 0 Å². The van der Waals surface area contributed by atoms with Gasteiger partial charge in [0.2, 0.25) is 12.2 Å². The van der Waals surface area contributed by atoms with E-state index in [0.717, 1.165) is 33.9 Å². The molecule has 1 aromatic heterocycles. The average molecular weight is 647 g/mol. The fraction of sp³-hybridized carbons (Fsp3) is 0.361. The van der Waals surface area contributed by atoms with Gasteiger partial charge in [-0.2, -0.15) is 0 Å². The largest absolute Gasteiger partial charge is 0.451 e. The number of nitrogens with zero attached hydrogens (tertiary/aromatic N) is 1.